The van der Waals surface area contributed by atoms with Gasteiger partial charge in [-0.3, -0.25) is 0 Å². The fourth-order valence-corrected chi connectivity index (χ4v) is 1.45. The molecule has 1 atom stereocenters. The maximum absolute atomic E-state index is 5.02. The van der Waals surface area contributed by atoms with E-state index in [0.29, 0.717) is 11.9 Å². The quantitative estimate of drug-likeness (QED) is 0.827. The molecule has 0 spiro atoms. The molecule has 1 unspecified atom stereocenters. The SMILES string of the molecule is CCNC(C)/C(C)=C/c1ccc(OC)nc1. The van der Waals surface area contributed by atoms with E-state index >= 15 is 0 Å². The van der Waals surface area contributed by atoms with Crippen molar-refractivity contribution in [1.82, 2.24) is 10.3 Å². The minimum Gasteiger partial charge on any atom is -0.481 e. The predicted molar refractivity (Wildman–Crippen MR) is 67.6 cm³/mol. The molecule has 0 amide bonds. The van der Waals surface area contributed by atoms with Crippen molar-refractivity contribution in [2.75, 3.05) is 13.7 Å². The molecule has 3 heteroatoms. The first-order valence-corrected chi connectivity index (χ1v) is 5.59. The molecule has 1 rings (SSSR count). The normalized spacial score (nSPS) is 13.6. The Bertz CT molecular complexity index is 343. The van der Waals surface area contributed by atoms with Gasteiger partial charge in [-0.15, -0.1) is 0 Å². The van der Waals surface area contributed by atoms with E-state index in [1.807, 2.05) is 18.3 Å². The second kappa shape index (κ2) is 6.28. The largest absolute Gasteiger partial charge is 0.481 e. The molecule has 0 bridgehead atoms. The molecule has 3 nitrogen and oxygen atoms in total. The van der Waals surface area contributed by atoms with Gasteiger partial charge in [-0.1, -0.05) is 18.6 Å². The van der Waals surface area contributed by atoms with Crippen LogP contribution in [0.5, 0.6) is 5.88 Å². The van der Waals surface area contributed by atoms with Crippen LogP contribution in [0.4, 0.5) is 0 Å². The second-order valence-corrected chi connectivity index (χ2v) is 3.80. The highest BCUT2D eigenvalue weighted by Gasteiger charge is 2.01. The summed E-state index contributed by atoms with van der Waals surface area (Å²) in [6.07, 6.45) is 3.96. The molecule has 88 valence electrons. The number of likely N-dealkylation sites (N-methyl/N-ethyl adjacent to an activating group) is 1. The van der Waals surface area contributed by atoms with Crippen molar-refractivity contribution in [3.8, 4) is 5.88 Å². The summed E-state index contributed by atoms with van der Waals surface area (Å²) in [4.78, 5) is 4.17. The zero-order valence-electron chi connectivity index (χ0n) is 10.4. The molecular weight excluding hydrogens is 200 g/mol. The van der Waals surface area contributed by atoms with Gasteiger partial charge in [0.1, 0.15) is 0 Å². The minimum atomic E-state index is 0.395. The lowest BCUT2D eigenvalue weighted by Gasteiger charge is -2.12. The number of hydrogen-bond acceptors (Lipinski definition) is 3. The van der Waals surface area contributed by atoms with Crippen LogP contribution in [0.3, 0.4) is 0 Å². The summed E-state index contributed by atoms with van der Waals surface area (Å²) in [5.74, 6) is 0.648. The number of aromatic nitrogens is 1. The molecule has 0 radical (unpaired) electrons. The molecule has 0 aliphatic rings. The Kier molecular flexibility index (Phi) is 4.99. The number of nitrogens with zero attached hydrogens (tertiary/aromatic N) is 1. The summed E-state index contributed by atoms with van der Waals surface area (Å²) in [6, 6.07) is 4.28. The van der Waals surface area contributed by atoms with Crippen LogP contribution in [0.25, 0.3) is 6.08 Å². The van der Waals surface area contributed by atoms with Gasteiger partial charge >= 0.3 is 0 Å². The van der Waals surface area contributed by atoms with Crippen LogP contribution >= 0.6 is 0 Å². The number of ether oxygens (including phenoxy) is 1. The van der Waals surface area contributed by atoms with E-state index in [-0.39, 0.29) is 0 Å². The van der Waals surface area contributed by atoms with Gasteiger partial charge in [0.05, 0.1) is 7.11 Å². The van der Waals surface area contributed by atoms with Crippen LogP contribution in [-0.4, -0.2) is 24.7 Å². The lowest BCUT2D eigenvalue weighted by Crippen LogP contribution is -2.26. The van der Waals surface area contributed by atoms with Crippen LogP contribution in [0.1, 0.15) is 26.3 Å². The molecule has 16 heavy (non-hydrogen) atoms. The maximum atomic E-state index is 5.02. The van der Waals surface area contributed by atoms with Gasteiger partial charge in [-0.05, 0) is 32.0 Å². The van der Waals surface area contributed by atoms with Crippen molar-refractivity contribution in [2.45, 2.75) is 26.8 Å². The van der Waals surface area contributed by atoms with Crippen molar-refractivity contribution < 1.29 is 4.74 Å². The average Bonchev–Trinajstić information content (AvgIpc) is 2.30. The third kappa shape index (κ3) is 3.66. The molecule has 1 N–H and O–H groups in total. The van der Waals surface area contributed by atoms with Crippen LogP contribution in [0.2, 0.25) is 0 Å². The van der Waals surface area contributed by atoms with Crippen molar-refractivity contribution in [3.05, 3.63) is 29.5 Å². The molecule has 0 saturated heterocycles. The Morgan fingerprint density at radius 1 is 1.56 bits per heavy atom. The molecule has 0 aliphatic heterocycles. The summed E-state index contributed by atoms with van der Waals surface area (Å²) < 4.78 is 5.02. The van der Waals surface area contributed by atoms with Crippen LogP contribution in [0, 0.1) is 0 Å². The molecular formula is C13H20N2O. The van der Waals surface area contributed by atoms with E-state index in [2.05, 4.69) is 37.1 Å². The highest BCUT2D eigenvalue weighted by Crippen LogP contribution is 2.12. The summed E-state index contributed by atoms with van der Waals surface area (Å²) in [5.41, 5.74) is 2.40. The van der Waals surface area contributed by atoms with E-state index in [0.717, 1.165) is 12.1 Å². The number of rotatable bonds is 5. The van der Waals surface area contributed by atoms with E-state index in [9.17, 15) is 0 Å². The second-order valence-electron chi connectivity index (χ2n) is 3.80. The summed E-state index contributed by atoms with van der Waals surface area (Å²) >= 11 is 0. The summed E-state index contributed by atoms with van der Waals surface area (Å²) in [6.45, 7) is 7.37. The van der Waals surface area contributed by atoms with E-state index in [1.165, 1.54) is 5.57 Å². The van der Waals surface area contributed by atoms with Gasteiger partial charge in [0.2, 0.25) is 5.88 Å². The van der Waals surface area contributed by atoms with Gasteiger partial charge in [0.25, 0.3) is 0 Å². The van der Waals surface area contributed by atoms with Gasteiger partial charge in [-0.25, -0.2) is 4.98 Å². The predicted octanol–water partition coefficient (Wildman–Crippen LogP) is 2.49. The molecule has 0 saturated carbocycles. The smallest absolute Gasteiger partial charge is 0.212 e. The van der Waals surface area contributed by atoms with Crippen LogP contribution in [0.15, 0.2) is 23.9 Å². The number of hydrogen-bond donors (Lipinski definition) is 1. The van der Waals surface area contributed by atoms with Gasteiger partial charge in [0.15, 0.2) is 0 Å². The molecule has 1 aromatic heterocycles. The van der Waals surface area contributed by atoms with Gasteiger partial charge in [-0.2, -0.15) is 0 Å². The Balaban J connectivity index is 2.73. The monoisotopic (exact) mass is 220 g/mol. The third-order valence-electron chi connectivity index (χ3n) is 2.56. The average molecular weight is 220 g/mol. The lowest BCUT2D eigenvalue weighted by atomic mass is 10.1. The highest BCUT2D eigenvalue weighted by molar-refractivity contribution is 5.52. The number of pyridine rings is 1. The standard InChI is InChI=1S/C13H20N2O/c1-5-14-11(3)10(2)8-12-6-7-13(16-4)15-9-12/h6-9,11,14H,5H2,1-4H3/b10-8+. The Labute approximate surface area is 97.5 Å². The number of nitrogens with one attached hydrogen (secondary N) is 1. The molecule has 1 heterocycles. The van der Waals surface area contributed by atoms with E-state index in [1.54, 1.807) is 7.11 Å². The maximum Gasteiger partial charge on any atom is 0.212 e. The van der Waals surface area contributed by atoms with Crippen molar-refractivity contribution in [1.29, 1.82) is 0 Å². The topological polar surface area (TPSA) is 34.1 Å². The first kappa shape index (κ1) is 12.7. The first-order valence-electron chi connectivity index (χ1n) is 5.59. The number of methoxy groups -OCH3 is 1. The summed E-state index contributed by atoms with van der Waals surface area (Å²) in [7, 11) is 1.62. The minimum absolute atomic E-state index is 0.395. The fourth-order valence-electron chi connectivity index (χ4n) is 1.45. The van der Waals surface area contributed by atoms with Gasteiger partial charge in [0, 0.05) is 18.3 Å². The van der Waals surface area contributed by atoms with Crippen molar-refractivity contribution >= 4 is 6.08 Å². The molecule has 1 aromatic rings. The van der Waals surface area contributed by atoms with Crippen LogP contribution in [-0.2, 0) is 0 Å². The molecule has 0 aromatic carbocycles. The zero-order chi connectivity index (χ0) is 12.0. The Morgan fingerprint density at radius 3 is 2.81 bits per heavy atom. The van der Waals surface area contributed by atoms with Crippen molar-refractivity contribution in [2.24, 2.45) is 0 Å². The Morgan fingerprint density at radius 2 is 2.31 bits per heavy atom. The van der Waals surface area contributed by atoms with Crippen LogP contribution < -0.4 is 10.1 Å². The highest BCUT2D eigenvalue weighted by atomic mass is 16.5. The third-order valence-corrected chi connectivity index (χ3v) is 2.56. The van der Waals surface area contributed by atoms with Crippen molar-refractivity contribution in [3.63, 3.8) is 0 Å². The first-order chi connectivity index (χ1) is 7.67. The lowest BCUT2D eigenvalue weighted by molar-refractivity contribution is 0.398. The zero-order valence-corrected chi connectivity index (χ0v) is 10.4. The molecule has 0 fully saturated rings. The fraction of sp³-hybridized carbons (Fsp3) is 0.462. The van der Waals surface area contributed by atoms with E-state index in [4.69, 9.17) is 4.74 Å². The van der Waals surface area contributed by atoms with E-state index < -0.39 is 0 Å². The molecule has 0 aliphatic carbocycles. The summed E-state index contributed by atoms with van der Waals surface area (Å²) in [5, 5.41) is 3.37. The Hall–Kier alpha value is -1.35. The van der Waals surface area contributed by atoms with Gasteiger partial charge < -0.3 is 10.1 Å².